The summed E-state index contributed by atoms with van der Waals surface area (Å²) >= 11 is 1.21. The van der Waals surface area contributed by atoms with Gasteiger partial charge in [0.25, 0.3) is 11.2 Å². The van der Waals surface area contributed by atoms with Gasteiger partial charge in [-0.15, -0.1) is 0 Å². The van der Waals surface area contributed by atoms with Gasteiger partial charge in [0, 0.05) is 12.1 Å². The van der Waals surface area contributed by atoms with Crippen molar-refractivity contribution in [3.8, 4) is 0 Å². The number of benzene rings is 2. The number of nitro groups is 1. The van der Waals surface area contributed by atoms with E-state index in [0.717, 1.165) is 11.1 Å². The van der Waals surface area contributed by atoms with Gasteiger partial charge in [0.1, 0.15) is 0 Å². The fourth-order valence-corrected chi connectivity index (χ4v) is 4.75. The predicted molar refractivity (Wildman–Crippen MR) is 125 cm³/mol. The molecule has 1 aliphatic rings. The Hall–Kier alpha value is -3.85. The van der Waals surface area contributed by atoms with Gasteiger partial charge >= 0.3 is 5.97 Å². The molecule has 2 heterocycles. The largest absolute Gasteiger partial charge is 0.463 e. The van der Waals surface area contributed by atoms with Crippen LogP contribution < -0.4 is 14.9 Å². The number of aromatic nitrogens is 1. The number of carbonyl (C=O) groups excluding carboxylic acids is 1. The van der Waals surface area contributed by atoms with Crippen molar-refractivity contribution in [3.05, 3.63) is 106 Å². The summed E-state index contributed by atoms with van der Waals surface area (Å²) < 4.78 is 7.22. The van der Waals surface area contributed by atoms with Crippen LogP contribution in [0.15, 0.2) is 69.6 Å². The zero-order valence-corrected chi connectivity index (χ0v) is 19.1. The number of non-ortho nitro benzene ring substituents is 1. The second kappa shape index (κ2) is 8.95. The van der Waals surface area contributed by atoms with Gasteiger partial charge in [-0.2, -0.15) is 0 Å². The average molecular weight is 464 g/mol. The normalized spacial score (nSPS) is 15.7. The molecular weight excluding hydrogens is 442 g/mol. The number of nitrogens with zero attached hydrogens (tertiary/aromatic N) is 3. The van der Waals surface area contributed by atoms with Crippen LogP contribution in [0.25, 0.3) is 6.08 Å². The highest BCUT2D eigenvalue weighted by molar-refractivity contribution is 7.07. The quantitative estimate of drug-likeness (QED) is 0.329. The molecule has 0 unspecified atom stereocenters. The number of hydrogen-bond donors (Lipinski definition) is 0. The van der Waals surface area contributed by atoms with Gasteiger partial charge < -0.3 is 4.74 Å². The minimum Gasteiger partial charge on any atom is -0.463 e. The predicted octanol–water partition coefficient (Wildman–Crippen LogP) is 3.01. The number of rotatable bonds is 5. The van der Waals surface area contributed by atoms with E-state index < -0.39 is 16.9 Å². The zero-order valence-electron chi connectivity index (χ0n) is 18.3. The highest BCUT2D eigenvalue weighted by atomic mass is 32.1. The summed E-state index contributed by atoms with van der Waals surface area (Å²) in [5.74, 6) is -0.506. The molecule has 9 heteroatoms. The van der Waals surface area contributed by atoms with Crippen LogP contribution in [0.4, 0.5) is 5.69 Å². The van der Waals surface area contributed by atoms with Crippen molar-refractivity contribution in [2.75, 3.05) is 6.61 Å². The monoisotopic (exact) mass is 463 g/mol. The first kappa shape index (κ1) is 22.3. The third-order valence-corrected chi connectivity index (χ3v) is 6.29. The summed E-state index contributed by atoms with van der Waals surface area (Å²) in [5.41, 5.74) is 3.00. The molecule has 0 saturated carbocycles. The van der Waals surface area contributed by atoms with Gasteiger partial charge in [-0.3, -0.25) is 19.5 Å². The number of aryl methyl sites for hydroxylation is 1. The Morgan fingerprint density at radius 3 is 2.45 bits per heavy atom. The van der Waals surface area contributed by atoms with E-state index in [1.165, 1.54) is 28.0 Å². The SMILES string of the molecule is CCOC(=O)C1=C(C)N=c2sc(=Cc3ccc([N+](=O)[O-])cc3)c(=O)n2[C@@H]1c1ccc(C)cc1. The first-order valence-corrected chi connectivity index (χ1v) is 11.1. The molecule has 0 amide bonds. The van der Waals surface area contributed by atoms with Crippen molar-refractivity contribution in [3.63, 3.8) is 0 Å². The lowest BCUT2D eigenvalue weighted by atomic mass is 9.95. The van der Waals surface area contributed by atoms with Crippen LogP contribution in [0.3, 0.4) is 0 Å². The molecule has 4 rings (SSSR count). The fraction of sp³-hybridized carbons (Fsp3) is 0.208. The molecule has 1 aromatic heterocycles. The number of allylic oxidation sites excluding steroid dienone is 1. The number of nitro benzene ring substituents is 1. The van der Waals surface area contributed by atoms with E-state index in [4.69, 9.17) is 4.74 Å². The van der Waals surface area contributed by atoms with E-state index in [-0.39, 0.29) is 17.9 Å². The van der Waals surface area contributed by atoms with Gasteiger partial charge in [-0.25, -0.2) is 9.79 Å². The Bertz CT molecular complexity index is 1450. The van der Waals surface area contributed by atoms with Crippen LogP contribution in [-0.2, 0) is 9.53 Å². The summed E-state index contributed by atoms with van der Waals surface area (Å²) in [6, 6.07) is 12.9. The first-order chi connectivity index (χ1) is 15.8. The second-order valence-corrected chi connectivity index (χ2v) is 8.57. The molecule has 0 radical (unpaired) electrons. The Balaban J connectivity index is 1.90. The highest BCUT2D eigenvalue weighted by Crippen LogP contribution is 2.30. The topological polar surface area (TPSA) is 104 Å². The van der Waals surface area contributed by atoms with Crippen molar-refractivity contribution in [1.29, 1.82) is 0 Å². The van der Waals surface area contributed by atoms with Gasteiger partial charge in [0.15, 0.2) is 4.80 Å². The molecule has 168 valence electrons. The molecule has 33 heavy (non-hydrogen) atoms. The van der Waals surface area contributed by atoms with E-state index in [9.17, 15) is 19.7 Å². The minimum absolute atomic E-state index is 0.0253. The maximum absolute atomic E-state index is 13.5. The van der Waals surface area contributed by atoms with Gasteiger partial charge in [0.05, 0.1) is 33.4 Å². The molecule has 0 aliphatic carbocycles. The Morgan fingerprint density at radius 2 is 1.85 bits per heavy atom. The molecule has 8 nitrogen and oxygen atoms in total. The lowest BCUT2D eigenvalue weighted by Gasteiger charge is -2.24. The Kier molecular flexibility index (Phi) is 6.06. The number of carbonyl (C=O) groups is 1. The molecule has 0 bridgehead atoms. The number of hydrogen-bond acceptors (Lipinski definition) is 7. The van der Waals surface area contributed by atoms with E-state index in [2.05, 4.69) is 4.99 Å². The summed E-state index contributed by atoms with van der Waals surface area (Å²) in [5, 5.41) is 10.9. The van der Waals surface area contributed by atoms with E-state index in [0.29, 0.717) is 26.2 Å². The minimum atomic E-state index is -0.667. The van der Waals surface area contributed by atoms with Crippen LogP contribution in [0.1, 0.15) is 36.6 Å². The molecule has 0 fully saturated rings. The van der Waals surface area contributed by atoms with E-state index in [1.807, 2.05) is 31.2 Å². The number of ether oxygens (including phenoxy) is 1. The van der Waals surface area contributed by atoms with Crippen LogP contribution in [0.5, 0.6) is 0 Å². The zero-order chi connectivity index (χ0) is 23.7. The maximum Gasteiger partial charge on any atom is 0.338 e. The number of fused-ring (bicyclic) bond motifs is 1. The molecule has 1 aliphatic heterocycles. The summed E-state index contributed by atoms with van der Waals surface area (Å²) in [6.07, 6.45) is 1.67. The summed E-state index contributed by atoms with van der Waals surface area (Å²) in [4.78, 5) is 41.8. The molecule has 0 spiro atoms. The van der Waals surface area contributed by atoms with Crippen molar-refractivity contribution < 1.29 is 14.5 Å². The molecule has 0 saturated heterocycles. The fourth-order valence-electron chi connectivity index (χ4n) is 3.70. The van der Waals surface area contributed by atoms with Gasteiger partial charge in [0.2, 0.25) is 0 Å². The molecule has 0 N–H and O–H groups in total. The maximum atomic E-state index is 13.5. The second-order valence-electron chi connectivity index (χ2n) is 7.56. The molecule has 3 aromatic rings. The van der Waals surface area contributed by atoms with Crippen molar-refractivity contribution in [2.45, 2.75) is 26.8 Å². The van der Waals surface area contributed by atoms with Crippen LogP contribution >= 0.6 is 11.3 Å². The number of thiazole rings is 1. The van der Waals surface area contributed by atoms with Crippen LogP contribution in [0, 0.1) is 17.0 Å². The van der Waals surface area contributed by atoms with Crippen molar-refractivity contribution in [2.24, 2.45) is 4.99 Å². The first-order valence-electron chi connectivity index (χ1n) is 10.3. The average Bonchev–Trinajstić information content (AvgIpc) is 3.08. The van der Waals surface area contributed by atoms with Crippen LogP contribution in [-0.4, -0.2) is 22.1 Å². The summed E-state index contributed by atoms with van der Waals surface area (Å²) in [7, 11) is 0. The Morgan fingerprint density at radius 1 is 1.18 bits per heavy atom. The third-order valence-electron chi connectivity index (χ3n) is 5.31. The van der Waals surface area contributed by atoms with Crippen LogP contribution in [0.2, 0.25) is 0 Å². The summed E-state index contributed by atoms with van der Waals surface area (Å²) in [6.45, 7) is 5.64. The third kappa shape index (κ3) is 4.27. The van der Waals surface area contributed by atoms with Gasteiger partial charge in [-0.05, 0) is 50.1 Å². The van der Waals surface area contributed by atoms with Crippen molar-refractivity contribution >= 4 is 29.1 Å². The lowest BCUT2D eigenvalue weighted by molar-refractivity contribution is -0.384. The standard InChI is InChI=1S/C24H21N3O5S/c1-4-32-23(29)20-15(3)25-24-26(21(20)17-9-5-14(2)6-10-17)22(28)19(33-24)13-16-7-11-18(12-8-16)27(30)31/h5-13,21H,4H2,1-3H3/t21-/m1/s1. The lowest BCUT2D eigenvalue weighted by Crippen LogP contribution is -2.39. The molecule has 2 aromatic carbocycles. The van der Waals surface area contributed by atoms with E-state index in [1.54, 1.807) is 32.1 Å². The number of esters is 1. The highest BCUT2D eigenvalue weighted by Gasteiger charge is 2.33. The molecule has 1 atom stereocenters. The van der Waals surface area contributed by atoms with Crippen molar-refractivity contribution in [1.82, 2.24) is 4.57 Å². The Labute approximate surface area is 192 Å². The molecular formula is C24H21N3O5S. The smallest absolute Gasteiger partial charge is 0.338 e. The van der Waals surface area contributed by atoms with Gasteiger partial charge in [-0.1, -0.05) is 41.2 Å². The van der Waals surface area contributed by atoms with E-state index >= 15 is 0 Å².